The molecule has 2 saturated heterocycles. The lowest BCUT2D eigenvalue weighted by Gasteiger charge is -2.45. The second kappa shape index (κ2) is 7.54. The van der Waals surface area contributed by atoms with Crippen LogP contribution in [0.3, 0.4) is 0 Å². The molecule has 0 radical (unpaired) electrons. The molecule has 2 unspecified atom stereocenters. The molecule has 2 N–H and O–H groups in total. The molecule has 7 nitrogen and oxygen atoms in total. The third-order valence-electron chi connectivity index (χ3n) is 6.53. The highest BCUT2D eigenvalue weighted by Gasteiger charge is 2.55. The molecule has 4 rings (SSSR count). The molecule has 8 heteroatoms. The van der Waals surface area contributed by atoms with Crippen LogP contribution < -0.4 is 10.4 Å². The summed E-state index contributed by atoms with van der Waals surface area (Å²) in [4.78, 5) is 31.7. The van der Waals surface area contributed by atoms with Gasteiger partial charge in [0.15, 0.2) is 0 Å². The van der Waals surface area contributed by atoms with Crippen LogP contribution >= 0.6 is 11.6 Å². The maximum atomic E-state index is 13.3. The average molecular weight is 407 g/mol. The van der Waals surface area contributed by atoms with Gasteiger partial charge in [-0.1, -0.05) is 11.6 Å². The molecule has 2 atom stereocenters. The number of carbonyl (C=O) groups excluding carboxylic acids is 2. The van der Waals surface area contributed by atoms with Crippen molar-refractivity contribution in [3.8, 4) is 0 Å². The number of hydrogen-bond acceptors (Lipinski definition) is 5. The summed E-state index contributed by atoms with van der Waals surface area (Å²) in [6.07, 6.45) is 2.85. The fraction of sp³-hybridized carbons (Fsp3) is 0.600. The molecule has 1 spiro atoms. The van der Waals surface area contributed by atoms with Gasteiger partial charge in [-0.15, -0.1) is 0 Å². The molecule has 28 heavy (non-hydrogen) atoms. The number of piperidine rings is 1. The van der Waals surface area contributed by atoms with E-state index in [9.17, 15) is 14.8 Å². The zero-order valence-corrected chi connectivity index (χ0v) is 16.9. The predicted octanol–water partition coefficient (Wildman–Crippen LogP) is 1.59. The quantitative estimate of drug-likeness (QED) is 0.589. The molecule has 152 valence electrons. The Morgan fingerprint density at radius 3 is 2.36 bits per heavy atom. The molecule has 3 aliphatic rings. The smallest absolute Gasteiger partial charge is 0.248 e. The summed E-state index contributed by atoms with van der Waals surface area (Å²) in [6.45, 7) is 3.55. The van der Waals surface area contributed by atoms with Crippen LogP contribution in [0, 0.1) is 11.3 Å². The molecular weight excluding hydrogens is 380 g/mol. The van der Waals surface area contributed by atoms with Crippen LogP contribution in [0.15, 0.2) is 24.3 Å². The molecule has 2 amide bonds. The molecule has 3 fully saturated rings. The summed E-state index contributed by atoms with van der Waals surface area (Å²) in [5, 5.41) is 9.90. The van der Waals surface area contributed by atoms with Gasteiger partial charge in [-0.2, -0.15) is 0 Å². The lowest BCUT2D eigenvalue weighted by atomic mass is 9.80. The molecule has 0 bridgehead atoms. The van der Waals surface area contributed by atoms with Gasteiger partial charge in [0.1, 0.15) is 6.04 Å². The summed E-state index contributed by atoms with van der Waals surface area (Å²) in [7, 11) is 1.92. The zero-order chi connectivity index (χ0) is 19.9. The van der Waals surface area contributed by atoms with Crippen LogP contribution in [0.4, 0.5) is 5.69 Å². The Bertz CT molecular complexity index is 744. The van der Waals surface area contributed by atoms with Crippen molar-refractivity contribution in [3.05, 3.63) is 29.3 Å². The van der Waals surface area contributed by atoms with E-state index in [-0.39, 0.29) is 11.3 Å². The number of piperazine rings is 1. The molecule has 1 aromatic rings. The second-order valence-corrected chi connectivity index (χ2v) is 8.87. The first-order valence-corrected chi connectivity index (χ1v) is 10.2. The van der Waals surface area contributed by atoms with E-state index in [1.807, 2.05) is 41.1 Å². The van der Waals surface area contributed by atoms with Crippen molar-refractivity contribution in [2.24, 2.45) is 11.3 Å². The Labute approximate surface area is 170 Å². The van der Waals surface area contributed by atoms with Gasteiger partial charge in [0.25, 0.3) is 0 Å². The molecule has 2 aliphatic heterocycles. The number of carbonyl (C=O) groups is 2. The minimum atomic E-state index is -0.513. The highest BCUT2D eigenvalue weighted by atomic mass is 35.5. The zero-order valence-electron chi connectivity index (χ0n) is 16.1. The second-order valence-electron chi connectivity index (χ2n) is 8.44. The Morgan fingerprint density at radius 2 is 1.79 bits per heavy atom. The first-order chi connectivity index (χ1) is 13.4. The van der Waals surface area contributed by atoms with Gasteiger partial charge in [0, 0.05) is 43.4 Å². The number of benzene rings is 1. The van der Waals surface area contributed by atoms with Crippen LogP contribution in [0.5, 0.6) is 0 Å². The van der Waals surface area contributed by atoms with Crippen LogP contribution in [0.25, 0.3) is 0 Å². The number of hydrogen-bond donors (Lipinski definition) is 2. The van der Waals surface area contributed by atoms with Crippen LogP contribution in [-0.2, 0) is 9.59 Å². The number of nitrogens with zero attached hydrogens (tertiary/aromatic N) is 3. The van der Waals surface area contributed by atoms with E-state index in [0.717, 1.165) is 38.2 Å². The van der Waals surface area contributed by atoms with E-state index >= 15 is 0 Å². The third-order valence-corrected chi connectivity index (χ3v) is 6.79. The van der Waals surface area contributed by atoms with Crippen molar-refractivity contribution in [2.75, 3.05) is 44.7 Å². The summed E-state index contributed by atoms with van der Waals surface area (Å²) < 4.78 is 0. The molecular formula is C20H27ClN4O3. The van der Waals surface area contributed by atoms with Crippen LogP contribution in [-0.4, -0.2) is 72.6 Å². The van der Waals surface area contributed by atoms with Gasteiger partial charge in [-0.05, 0) is 56.0 Å². The fourth-order valence-corrected chi connectivity index (χ4v) is 4.95. The molecule has 2 heterocycles. The summed E-state index contributed by atoms with van der Waals surface area (Å²) in [5.41, 5.74) is 3.03. The summed E-state index contributed by atoms with van der Waals surface area (Å²) >= 11 is 5.96. The van der Waals surface area contributed by atoms with Gasteiger partial charge in [0.05, 0.1) is 5.92 Å². The SMILES string of the molecule is CN1CC2(CC2)CC(C(=O)NO)C1C(=O)N1CCN(c2ccc(Cl)cc2)CC1. The van der Waals surface area contributed by atoms with Crippen molar-refractivity contribution in [3.63, 3.8) is 0 Å². The average Bonchev–Trinajstić information content (AvgIpc) is 3.45. The highest BCUT2D eigenvalue weighted by molar-refractivity contribution is 6.30. The Kier molecular flexibility index (Phi) is 5.24. The number of hydroxylamine groups is 1. The molecule has 1 saturated carbocycles. The number of likely N-dealkylation sites (N-methyl/N-ethyl adjacent to an activating group) is 1. The number of amides is 2. The molecule has 1 aliphatic carbocycles. The Morgan fingerprint density at radius 1 is 1.14 bits per heavy atom. The monoisotopic (exact) mass is 406 g/mol. The topological polar surface area (TPSA) is 76.1 Å². The molecule has 0 aromatic heterocycles. The van der Waals surface area contributed by atoms with Gasteiger partial charge in [0.2, 0.25) is 11.8 Å². The van der Waals surface area contributed by atoms with E-state index in [4.69, 9.17) is 11.6 Å². The van der Waals surface area contributed by atoms with Gasteiger partial charge in [-0.25, -0.2) is 5.48 Å². The summed E-state index contributed by atoms with van der Waals surface area (Å²) in [5.74, 6) is -0.966. The Hall–Kier alpha value is -1.83. The molecule has 1 aromatic carbocycles. The first kappa shape index (κ1) is 19.5. The minimum absolute atomic E-state index is 0.0117. The van der Waals surface area contributed by atoms with Crippen molar-refractivity contribution in [1.29, 1.82) is 0 Å². The van der Waals surface area contributed by atoms with Crippen molar-refractivity contribution in [1.82, 2.24) is 15.3 Å². The fourth-order valence-electron chi connectivity index (χ4n) is 4.82. The third kappa shape index (κ3) is 3.71. The van der Waals surface area contributed by atoms with Crippen molar-refractivity contribution < 1.29 is 14.8 Å². The lowest BCUT2D eigenvalue weighted by Crippen LogP contribution is -2.61. The van der Waals surface area contributed by atoms with Crippen molar-refractivity contribution >= 4 is 29.1 Å². The summed E-state index contributed by atoms with van der Waals surface area (Å²) in [6, 6.07) is 7.21. The van der Waals surface area contributed by atoms with Crippen LogP contribution in [0.2, 0.25) is 5.02 Å². The van der Waals surface area contributed by atoms with E-state index in [1.165, 1.54) is 0 Å². The van der Waals surface area contributed by atoms with Crippen molar-refractivity contribution in [2.45, 2.75) is 25.3 Å². The Balaban J connectivity index is 1.43. The first-order valence-electron chi connectivity index (χ1n) is 9.86. The van der Waals surface area contributed by atoms with Gasteiger partial charge < -0.3 is 9.80 Å². The van der Waals surface area contributed by atoms with E-state index in [1.54, 1.807) is 5.48 Å². The largest absolute Gasteiger partial charge is 0.368 e. The van der Waals surface area contributed by atoms with E-state index in [2.05, 4.69) is 4.90 Å². The van der Waals surface area contributed by atoms with E-state index < -0.39 is 17.9 Å². The normalized spacial score (nSPS) is 27.0. The highest BCUT2D eigenvalue weighted by Crippen LogP contribution is 2.54. The standard InChI is InChI=1S/C20H27ClN4O3/c1-23-13-20(6-7-20)12-16(18(26)22-28)17(23)19(27)25-10-8-24(9-11-25)15-4-2-14(21)3-5-15/h2-5,16-17,28H,6-13H2,1H3,(H,22,26). The van der Waals surface area contributed by atoms with Crippen LogP contribution in [0.1, 0.15) is 19.3 Å². The number of anilines is 1. The maximum Gasteiger partial charge on any atom is 0.248 e. The maximum absolute atomic E-state index is 13.3. The van der Waals surface area contributed by atoms with E-state index in [0.29, 0.717) is 24.5 Å². The lowest BCUT2D eigenvalue weighted by molar-refractivity contribution is -0.150. The number of nitrogens with one attached hydrogen (secondary N) is 1. The number of likely N-dealkylation sites (tertiary alicyclic amines) is 1. The predicted molar refractivity (Wildman–Crippen MR) is 106 cm³/mol. The number of rotatable bonds is 3. The minimum Gasteiger partial charge on any atom is -0.368 e. The van der Waals surface area contributed by atoms with Gasteiger partial charge >= 0.3 is 0 Å². The number of halogens is 1. The van der Waals surface area contributed by atoms with Gasteiger partial charge in [-0.3, -0.25) is 19.7 Å².